The molecule has 1 unspecified atom stereocenters. The van der Waals surface area contributed by atoms with Crippen molar-refractivity contribution in [3.63, 3.8) is 0 Å². The maximum Gasteiger partial charge on any atom is 0.227 e. The van der Waals surface area contributed by atoms with Crippen molar-refractivity contribution in [2.45, 2.75) is 12.5 Å². The molecule has 1 aliphatic heterocycles. The third-order valence-corrected chi connectivity index (χ3v) is 3.29. The Morgan fingerprint density at radius 1 is 1.63 bits per heavy atom. The zero-order valence-corrected chi connectivity index (χ0v) is 11.9. The summed E-state index contributed by atoms with van der Waals surface area (Å²) in [4.78, 5) is 11.9. The summed E-state index contributed by atoms with van der Waals surface area (Å²) in [6, 6.07) is 7.23. The van der Waals surface area contributed by atoms with Crippen molar-refractivity contribution >= 4 is 27.5 Å². The van der Waals surface area contributed by atoms with Gasteiger partial charge in [0, 0.05) is 17.6 Å². The number of nitrogens with one attached hydrogen (secondary N) is 2. The van der Waals surface area contributed by atoms with E-state index >= 15 is 0 Å². The van der Waals surface area contributed by atoms with Gasteiger partial charge in [0.15, 0.2) is 0 Å². The first-order valence-electron chi connectivity index (χ1n) is 6.01. The SMILES string of the molecule is N#Cc1cc(Br)ccc1NC(=O)CC1CNCCO1. The van der Waals surface area contributed by atoms with E-state index in [1.807, 2.05) is 0 Å². The maximum absolute atomic E-state index is 11.9. The highest BCUT2D eigenvalue weighted by Gasteiger charge is 2.18. The molecule has 1 aromatic rings. The van der Waals surface area contributed by atoms with Gasteiger partial charge in [-0.2, -0.15) is 5.26 Å². The summed E-state index contributed by atoms with van der Waals surface area (Å²) in [5.41, 5.74) is 0.963. The summed E-state index contributed by atoms with van der Waals surface area (Å²) in [5, 5.41) is 14.9. The lowest BCUT2D eigenvalue weighted by molar-refractivity contribution is -0.119. The number of ether oxygens (including phenoxy) is 1. The van der Waals surface area contributed by atoms with Crippen molar-refractivity contribution in [2.75, 3.05) is 25.0 Å². The van der Waals surface area contributed by atoms with Gasteiger partial charge in [0.1, 0.15) is 6.07 Å². The second-order valence-electron chi connectivity index (χ2n) is 4.25. The maximum atomic E-state index is 11.9. The summed E-state index contributed by atoms with van der Waals surface area (Å²) in [6.45, 7) is 2.13. The van der Waals surface area contributed by atoms with Gasteiger partial charge in [-0.15, -0.1) is 0 Å². The van der Waals surface area contributed by atoms with Crippen molar-refractivity contribution in [1.29, 1.82) is 5.26 Å². The highest BCUT2D eigenvalue weighted by atomic mass is 79.9. The highest BCUT2D eigenvalue weighted by Crippen LogP contribution is 2.20. The molecule has 1 heterocycles. The molecule has 1 atom stereocenters. The van der Waals surface area contributed by atoms with Gasteiger partial charge in [-0.3, -0.25) is 4.79 Å². The lowest BCUT2D eigenvalue weighted by atomic mass is 10.1. The molecule has 0 aromatic heterocycles. The summed E-state index contributed by atoms with van der Waals surface area (Å²) in [7, 11) is 0. The predicted octanol–water partition coefficient (Wildman–Crippen LogP) is 1.64. The molecule has 0 aliphatic carbocycles. The van der Waals surface area contributed by atoms with Crippen molar-refractivity contribution in [3.05, 3.63) is 28.2 Å². The molecule has 2 rings (SSSR count). The first-order chi connectivity index (χ1) is 9.19. The number of amides is 1. The second kappa shape index (κ2) is 6.66. The zero-order chi connectivity index (χ0) is 13.7. The van der Waals surface area contributed by atoms with E-state index in [2.05, 4.69) is 32.6 Å². The van der Waals surface area contributed by atoms with Gasteiger partial charge in [-0.05, 0) is 18.2 Å². The highest BCUT2D eigenvalue weighted by molar-refractivity contribution is 9.10. The summed E-state index contributed by atoms with van der Waals surface area (Å²) in [6.07, 6.45) is 0.184. The van der Waals surface area contributed by atoms with Crippen molar-refractivity contribution < 1.29 is 9.53 Å². The van der Waals surface area contributed by atoms with Crippen LogP contribution in [-0.2, 0) is 9.53 Å². The summed E-state index contributed by atoms with van der Waals surface area (Å²) >= 11 is 3.29. The van der Waals surface area contributed by atoms with Gasteiger partial charge in [-0.25, -0.2) is 0 Å². The molecule has 1 saturated heterocycles. The van der Waals surface area contributed by atoms with Crippen LogP contribution in [0.15, 0.2) is 22.7 Å². The second-order valence-corrected chi connectivity index (χ2v) is 5.17. The minimum atomic E-state index is -0.146. The van der Waals surface area contributed by atoms with Crippen LogP contribution in [0.1, 0.15) is 12.0 Å². The molecule has 0 spiro atoms. The van der Waals surface area contributed by atoms with Crippen molar-refractivity contribution in [3.8, 4) is 6.07 Å². The molecule has 1 aliphatic rings. The largest absolute Gasteiger partial charge is 0.375 e. The fraction of sp³-hybridized carbons (Fsp3) is 0.385. The third kappa shape index (κ3) is 4.03. The number of nitriles is 1. The first kappa shape index (κ1) is 14.0. The number of carbonyl (C=O) groups excluding carboxylic acids is 1. The number of benzene rings is 1. The topological polar surface area (TPSA) is 74.2 Å². The number of hydrogen-bond acceptors (Lipinski definition) is 4. The number of anilines is 1. The Balaban J connectivity index is 1.97. The Kier molecular flexibility index (Phi) is 4.91. The van der Waals surface area contributed by atoms with Crippen LogP contribution in [0.4, 0.5) is 5.69 Å². The van der Waals surface area contributed by atoms with E-state index in [0.29, 0.717) is 24.4 Å². The van der Waals surface area contributed by atoms with Crippen LogP contribution < -0.4 is 10.6 Å². The molecule has 0 radical (unpaired) electrons. The number of nitrogens with zero attached hydrogens (tertiary/aromatic N) is 1. The molecule has 1 amide bonds. The number of morpholine rings is 1. The van der Waals surface area contributed by atoms with Crippen molar-refractivity contribution in [2.24, 2.45) is 0 Å². The quantitative estimate of drug-likeness (QED) is 0.886. The van der Waals surface area contributed by atoms with Crippen LogP contribution >= 0.6 is 15.9 Å². The molecule has 100 valence electrons. The van der Waals surface area contributed by atoms with E-state index in [9.17, 15) is 4.79 Å². The number of carbonyl (C=O) groups is 1. The van der Waals surface area contributed by atoms with Gasteiger partial charge in [0.2, 0.25) is 5.91 Å². The van der Waals surface area contributed by atoms with E-state index in [1.165, 1.54) is 0 Å². The molecule has 0 bridgehead atoms. The Bertz CT molecular complexity index is 507. The minimum absolute atomic E-state index is 0.102. The van der Waals surface area contributed by atoms with Crippen molar-refractivity contribution in [1.82, 2.24) is 5.32 Å². The predicted molar refractivity (Wildman–Crippen MR) is 74.7 cm³/mol. The lowest BCUT2D eigenvalue weighted by Gasteiger charge is -2.23. The molecule has 19 heavy (non-hydrogen) atoms. The normalized spacial score (nSPS) is 18.6. The smallest absolute Gasteiger partial charge is 0.227 e. The Morgan fingerprint density at radius 3 is 3.16 bits per heavy atom. The van der Waals surface area contributed by atoms with Gasteiger partial charge in [0.05, 0.1) is 30.4 Å². The molecule has 5 nitrogen and oxygen atoms in total. The lowest BCUT2D eigenvalue weighted by Crippen LogP contribution is -2.40. The Hall–Kier alpha value is -1.42. The fourth-order valence-corrected chi connectivity index (χ4v) is 2.24. The average molecular weight is 324 g/mol. The zero-order valence-electron chi connectivity index (χ0n) is 10.3. The van der Waals surface area contributed by atoms with E-state index in [4.69, 9.17) is 10.00 Å². The molecular formula is C13H14BrN3O2. The van der Waals surface area contributed by atoms with Gasteiger partial charge in [-0.1, -0.05) is 15.9 Å². The Morgan fingerprint density at radius 2 is 2.47 bits per heavy atom. The van der Waals surface area contributed by atoms with Crippen LogP contribution in [0.25, 0.3) is 0 Å². The summed E-state index contributed by atoms with van der Waals surface area (Å²) in [5.74, 6) is -0.146. The van der Waals surface area contributed by atoms with Gasteiger partial charge in [0.25, 0.3) is 0 Å². The average Bonchev–Trinajstić information content (AvgIpc) is 2.42. The monoisotopic (exact) mass is 323 g/mol. The number of halogens is 1. The molecule has 1 fully saturated rings. The van der Waals surface area contributed by atoms with Crippen LogP contribution in [0.2, 0.25) is 0 Å². The van der Waals surface area contributed by atoms with Crippen LogP contribution in [0, 0.1) is 11.3 Å². The molecule has 1 aromatic carbocycles. The van der Waals surface area contributed by atoms with E-state index in [0.717, 1.165) is 11.0 Å². The van der Waals surface area contributed by atoms with Crippen LogP contribution in [0.5, 0.6) is 0 Å². The molecular weight excluding hydrogens is 310 g/mol. The molecule has 0 saturated carbocycles. The molecule has 2 N–H and O–H groups in total. The van der Waals surface area contributed by atoms with Crippen LogP contribution in [0.3, 0.4) is 0 Å². The first-order valence-corrected chi connectivity index (χ1v) is 6.80. The number of rotatable bonds is 3. The van der Waals surface area contributed by atoms with E-state index in [-0.39, 0.29) is 18.4 Å². The van der Waals surface area contributed by atoms with E-state index < -0.39 is 0 Å². The van der Waals surface area contributed by atoms with Gasteiger partial charge >= 0.3 is 0 Å². The Labute approximate surface area is 120 Å². The summed E-state index contributed by atoms with van der Waals surface area (Å²) < 4.78 is 6.27. The van der Waals surface area contributed by atoms with Crippen LogP contribution in [-0.4, -0.2) is 31.7 Å². The molecule has 6 heteroatoms. The van der Waals surface area contributed by atoms with Gasteiger partial charge < -0.3 is 15.4 Å². The fourth-order valence-electron chi connectivity index (χ4n) is 1.88. The third-order valence-electron chi connectivity index (χ3n) is 2.79. The minimum Gasteiger partial charge on any atom is -0.375 e. The number of hydrogen-bond donors (Lipinski definition) is 2. The van der Waals surface area contributed by atoms with E-state index in [1.54, 1.807) is 18.2 Å². The standard InChI is InChI=1S/C13H14BrN3O2/c14-10-1-2-12(9(5-10)7-15)17-13(18)6-11-8-16-3-4-19-11/h1-2,5,11,16H,3-4,6,8H2,(H,17,18).